The lowest BCUT2D eigenvalue weighted by Gasteiger charge is -2.21. The lowest BCUT2D eigenvalue weighted by molar-refractivity contribution is -0.130. The molecule has 1 atom stereocenters. The minimum Gasteiger partial charge on any atom is -0.448 e. The third-order valence-corrected chi connectivity index (χ3v) is 3.33. The Labute approximate surface area is 136 Å². The van der Waals surface area contributed by atoms with Gasteiger partial charge >= 0.3 is 12.0 Å². The molecule has 126 valence electrons. The molecule has 0 bridgehead atoms. The molecule has 1 aromatic carbocycles. The minimum absolute atomic E-state index is 0.0235. The summed E-state index contributed by atoms with van der Waals surface area (Å²) in [5, 5.41) is 1.93. The van der Waals surface area contributed by atoms with Gasteiger partial charge in [0.05, 0.1) is 5.56 Å². The summed E-state index contributed by atoms with van der Waals surface area (Å²) in [6.45, 7) is 9.64. The molecule has 6 heteroatoms. The van der Waals surface area contributed by atoms with Crippen molar-refractivity contribution >= 4 is 17.9 Å². The molecule has 3 N–H and O–H groups in total. The normalized spacial score (nSPS) is 12.6. The van der Waals surface area contributed by atoms with Gasteiger partial charge in [-0.1, -0.05) is 46.8 Å². The number of benzene rings is 1. The molecular weight excluding hydrogens is 296 g/mol. The van der Waals surface area contributed by atoms with Crippen LogP contribution in [0.2, 0.25) is 0 Å². The van der Waals surface area contributed by atoms with Crippen molar-refractivity contribution in [3.8, 4) is 0 Å². The van der Waals surface area contributed by atoms with Gasteiger partial charge in [0.15, 0.2) is 6.10 Å². The van der Waals surface area contributed by atoms with Gasteiger partial charge in [-0.25, -0.2) is 9.59 Å². The van der Waals surface area contributed by atoms with E-state index in [0.717, 1.165) is 5.56 Å². The molecule has 0 radical (unpaired) electrons. The van der Waals surface area contributed by atoms with Gasteiger partial charge in [0.25, 0.3) is 5.91 Å². The fraction of sp³-hybridized carbons (Fsp3) is 0.471. The van der Waals surface area contributed by atoms with Gasteiger partial charge in [-0.2, -0.15) is 0 Å². The van der Waals surface area contributed by atoms with Gasteiger partial charge in [0, 0.05) is 0 Å². The van der Waals surface area contributed by atoms with E-state index in [1.54, 1.807) is 26.0 Å². The molecule has 0 unspecified atom stereocenters. The molecule has 0 fully saturated rings. The second-order valence-electron chi connectivity index (χ2n) is 6.75. The van der Waals surface area contributed by atoms with Crippen molar-refractivity contribution in [2.24, 2.45) is 11.7 Å². The standard InChI is InChI=1S/C17H24N2O4/c1-10(2)13(14(20)19-16(18)22)23-15(21)11-6-8-12(9-7-11)17(3,4)5/h6-10,13H,1-5H3,(H3,18,19,20,22)/t13-/m0/s1. The van der Waals surface area contributed by atoms with Gasteiger partial charge in [0.1, 0.15) is 0 Å². The highest BCUT2D eigenvalue weighted by Crippen LogP contribution is 2.22. The van der Waals surface area contributed by atoms with Crippen LogP contribution in [-0.2, 0) is 14.9 Å². The van der Waals surface area contributed by atoms with E-state index >= 15 is 0 Å². The van der Waals surface area contributed by atoms with Crippen molar-refractivity contribution in [2.45, 2.75) is 46.1 Å². The van der Waals surface area contributed by atoms with Crippen LogP contribution in [0, 0.1) is 5.92 Å². The van der Waals surface area contributed by atoms with Crippen LogP contribution >= 0.6 is 0 Å². The molecule has 0 aliphatic heterocycles. The molecule has 0 aliphatic rings. The number of amides is 3. The Hall–Kier alpha value is -2.37. The molecule has 0 aliphatic carbocycles. The Morgan fingerprint density at radius 2 is 1.61 bits per heavy atom. The average molecular weight is 320 g/mol. The second kappa shape index (κ2) is 7.26. The van der Waals surface area contributed by atoms with Crippen molar-refractivity contribution in [2.75, 3.05) is 0 Å². The summed E-state index contributed by atoms with van der Waals surface area (Å²) in [5.41, 5.74) is 6.32. The largest absolute Gasteiger partial charge is 0.448 e. The number of esters is 1. The SMILES string of the molecule is CC(C)[C@H](OC(=O)c1ccc(C(C)(C)C)cc1)C(=O)NC(N)=O. The van der Waals surface area contributed by atoms with Gasteiger partial charge < -0.3 is 10.5 Å². The number of rotatable bonds is 4. The molecule has 0 heterocycles. The summed E-state index contributed by atoms with van der Waals surface area (Å²) < 4.78 is 5.23. The van der Waals surface area contributed by atoms with Gasteiger partial charge in [-0.05, 0) is 29.0 Å². The molecular formula is C17H24N2O4. The zero-order valence-corrected chi connectivity index (χ0v) is 14.2. The molecule has 3 amide bonds. The minimum atomic E-state index is -1.09. The summed E-state index contributed by atoms with van der Waals surface area (Å²) in [7, 11) is 0. The molecule has 1 aromatic rings. The summed E-state index contributed by atoms with van der Waals surface area (Å²) in [4.78, 5) is 34.8. The smallest absolute Gasteiger partial charge is 0.338 e. The van der Waals surface area contributed by atoms with Gasteiger partial charge in [-0.3, -0.25) is 10.1 Å². The van der Waals surface area contributed by atoms with Crippen LogP contribution in [0.25, 0.3) is 0 Å². The first kappa shape index (κ1) is 18.7. The highest BCUT2D eigenvalue weighted by molar-refractivity contribution is 5.98. The van der Waals surface area contributed by atoms with Crippen molar-refractivity contribution in [3.63, 3.8) is 0 Å². The molecule has 0 saturated carbocycles. The van der Waals surface area contributed by atoms with Crippen LogP contribution < -0.4 is 11.1 Å². The number of ether oxygens (including phenoxy) is 1. The van der Waals surface area contributed by atoms with Crippen LogP contribution in [0.4, 0.5) is 4.79 Å². The summed E-state index contributed by atoms with van der Waals surface area (Å²) in [5.74, 6) is -1.65. The fourth-order valence-corrected chi connectivity index (χ4v) is 1.97. The predicted octanol–water partition coefficient (Wildman–Crippen LogP) is 2.36. The van der Waals surface area contributed by atoms with E-state index in [4.69, 9.17) is 10.5 Å². The lowest BCUT2D eigenvalue weighted by atomic mass is 9.87. The quantitative estimate of drug-likeness (QED) is 0.832. The molecule has 0 spiro atoms. The third kappa shape index (κ3) is 5.39. The first-order chi connectivity index (χ1) is 10.5. The van der Waals surface area contributed by atoms with Crippen LogP contribution in [0.5, 0.6) is 0 Å². The fourth-order valence-electron chi connectivity index (χ4n) is 1.97. The van der Waals surface area contributed by atoms with Gasteiger partial charge in [0.2, 0.25) is 0 Å². The molecule has 0 aromatic heterocycles. The Morgan fingerprint density at radius 1 is 1.09 bits per heavy atom. The number of urea groups is 1. The number of carbonyl (C=O) groups is 3. The van der Waals surface area contributed by atoms with Crippen molar-refractivity contribution < 1.29 is 19.1 Å². The van der Waals surface area contributed by atoms with E-state index in [9.17, 15) is 14.4 Å². The number of carbonyl (C=O) groups excluding carboxylic acids is 3. The maximum atomic E-state index is 12.2. The van der Waals surface area contributed by atoms with Gasteiger partial charge in [-0.15, -0.1) is 0 Å². The van der Waals surface area contributed by atoms with Crippen LogP contribution in [0.3, 0.4) is 0 Å². The maximum absolute atomic E-state index is 12.2. The number of hydrogen-bond acceptors (Lipinski definition) is 4. The van der Waals surface area contributed by atoms with Crippen molar-refractivity contribution in [1.29, 1.82) is 0 Å². The van der Waals surface area contributed by atoms with E-state index in [-0.39, 0.29) is 11.3 Å². The van der Waals surface area contributed by atoms with E-state index in [1.165, 1.54) is 0 Å². The zero-order chi connectivity index (χ0) is 17.8. The molecule has 0 saturated heterocycles. The van der Waals surface area contributed by atoms with E-state index < -0.39 is 24.0 Å². The summed E-state index contributed by atoms with van der Waals surface area (Å²) in [6.07, 6.45) is -1.09. The van der Waals surface area contributed by atoms with E-state index in [1.807, 2.05) is 17.4 Å². The number of hydrogen-bond donors (Lipinski definition) is 2. The second-order valence-corrected chi connectivity index (χ2v) is 6.75. The first-order valence-corrected chi connectivity index (χ1v) is 7.44. The third-order valence-electron chi connectivity index (χ3n) is 3.33. The first-order valence-electron chi connectivity index (χ1n) is 7.44. The van der Waals surface area contributed by atoms with Crippen molar-refractivity contribution in [1.82, 2.24) is 5.32 Å². The van der Waals surface area contributed by atoms with E-state index in [0.29, 0.717) is 5.56 Å². The number of nitrogens with one attached hydrogen (secondary N) is 1. The lowest BCUT2D eigenvalue weighted by Crippen LogP contribution is -2.45. The Kier molecular flexibility index (Phi) is 5.90. The average Bonchev–Trinajstić information content (AvgIpc) is 2.42. The number of imide groups is 1. The molecule has 23 heavy (non-hydrogen) atoms. The summed E-state index contributed by atoms with van der Waals surface area (Å²) in [6, 6.07) is 6.04. The zero-order valence-electron chi connectivity index (χ0n) is 14.2. The Balaban J connectivity index is 2.87. The Morgan fingerprint density at radius 3 is 2.00 bits per heavy atom. The van der Waals surface area contributed by atoms with E-state index in [2.05, 4.69) is 20.8 Å². The highest BCUT2D eigenvalue weighted by Gasteiger charge is 2.28. The highest BCUT2D eigenvalue weighted by atomic mass is 16.5. The molecule has 6 nitrogen and oxygen atoms in total. The van der Waals surface area contributed by atoms with Crippen LogP contribution in [0.1, 0.15) is 50.5 Å². The number of nitrogens with two attached hydrogens (primary N) is 1. The van der Waals surface area contributed by atoms with Crippen LogP contribution in [0.15, 0.2) is 24.3 Å². The van der Waals surface area contributed by atoms with Crippen molar-refractivity contribution in [3.05, 3.63) is 35.4 Å². The Bertz CT molecular complexity index is 586. The maximum Gasteiger partial charge on any atom is 0.338 e. The molecule has 1 rings (SSSR count). The monoisotopic (exact) mass is 320 g/mol. The van der Waals surface area contributed by atoms with Crippen LogP contribution in [-0.4, -0.2) is 24.0 Å². The number of primary amides is 1. The predicted molar refractivity (Wildman–Crippen MR) is 86.9 cm³/mol. The summed E-state index contributed by atoms with van der Waals surface area (Å²) >= 11 is 0. The topological polar surface area (TPSA) is 98.5 Å².